The highest BCUT2D eigenvalue weighted by Gasteiger charge is 2.14. The summed E-state index contributed by atoms with van der Waals surface area (Å²) < 4.78 is 0.833. The van der Waals surface area contributed by atoms with Crippen LogP contribution in [0.1, 0.15) is 18.4 Å². The zero-order chi connectivity index (χ0) is 11.4. The molecular formula is C11H13BrN4. The van der Waals surface area contributed by atoms with Crippen molar-refractivity contribution in [1.29, 1.82) is 5.26 Å². The van der Waals surface area contributed by atoms with Crippen molar-refractivity contribution in [3.63, 3.8) is 0 Å². The average Bonchev–Trinajstić information content (AvgIpc) is 2.33. The second-order valence-electron chi connectivity index (χ2n) is 3.83. The second kappa shape index (κ2) is 5.28. The number of hydrogen-bond donors (Lipinski definition) is 2. The molecule has 4 nitrogen and oxygen atoms in total. The maximum Gasteiger partial charge on any atom is 0.144 e. The van der Waals surface area contributed by atoms with Gasteiger partial charge in [0.15, 0.2) is 0 Å². The van der Waals surface area contributed by atoms with E-state index in [0.717, 1.165) is 30.4 Å². The normalized spacial score (nSPS) is 16.8. The molecule has 1 aromatic heterocycles. The van der Waals surface area contributed by atoms with Gasteiger partial charge in [0, 0.05) is 16.7 Å². The number of hydrogen-bond acceptors (Lipinski definition) is 4. The van der Waals surface area contributed by atoms with Crippen LogP contribution >= 0.6 is 15.9 Å². The lowest BCUT2D eigenvalue weighted by atomic mass is 10.1. The molecule has 2 rings (SSSR count). The molecule has 1 aliphatic heterocycles. The number of nitrogens with one attached hydrogen (secondary N) is 2. The lowest BCUT2D eigenvalue weighted by Crippen LogP contribution is -2.35. The lowest BCUT2D eigenvalue weighted by molar-refractivity contribution is 0.478. The van der Waals surface area contributed by atoms with E-state index >= 15 is 0 Å². The Kier molecular flexibility index (Phi) is 3.75. The average molecular weight is 281 g/mol. The molecule has 0 aromatic carbocycles. The molecule has 0 bridgehead atoms. The van der Waals surface area contributed by atoms with Crippen LogP contribution in [0.15, 0.2) is 16.7 Å². The van der Waals surface area contributed by atoms with Crippen LogP contribution in [-0.2, 0) is 0 Å². The molecule has 2 heterocycles. The molecule has 1 fully saturated rings. The summed E-state index contributed by atoms with van der Waals surface area (Å²) in [6, 6.07) is 4.36. The van der Waals surface area contributed by atoms with Crippen LogP contribution in [0.25, 0.3) is 0 Å². The van der Waals surface area contributed by atoms with Gasteiger partial charge in [0.1, 0.15) is 11.9 Å². The first-order valence-electron chi connectivity index (χ1n) is 5.32. The number of nitrogens with zero attached hydrogens (tertiary/aromatic N) is 2. The van der Waals surface area contributed by atoms with Crippen LogP contribution in [-0.4, -0.2) is 24.1 Å². The van der Waals surface area contributed by atoms with E-state index in [1.807, 2.05) is 0 Å². The van der Waals surface area contributed by atoms with E-state index in [0.29, 0.717) is 17.4 Å². The largest absolute Gasteiger partial charge is 0.366 e. The minimum atomic E-state index is 0.419. The summed E-state index contributed by atoms with van der Waals surface area (Å²) in [5, 5.41) is 15.6. The lowest BCUT2D eigenvalue weighted by Gasteiger charge is -2.24. The van der Waals surface area contributed by atoms with Crippen LogP contribution in [0.5, 0.6) is 0 Å². The summed E-state index contributed by atoms with van der Waals surface area (Å²) in [7, 11) is 0. The highest BCUT2D eigenvalue weighted by atomic mass is 79.9. The second-order valence-corrected chi connectivity index (χ2v) is 4.75. The van der Waals surface area contributed by atoms with E-state index < -0.39 is 0 Å². The molecule has 1 saturated heterocycles. The van der Waals surface area contributed by atoms with Gasteiger partial charge in [-0.1, -0.05) is 0 Å². The summed E-state index contributed by atoms with van der Waals surface area (Å²) in [6.45, 7) is 2.05. The number of halogens is 1. The topological polar surface area (TPSA) is 60.7 Å². The Morgan fingerprint density at radius 2 is 2.25 bits per heavy atom. The molecule has 1 aromatic rings. The zero-order valence-corrected chi connectivity index (χ0v) is 10.4. The van der Waals surface area contributed by atoms with Gasteiger partial charge in [0.2, 0.25) is 0 Å². The van der Waals surface area contributed by atoms with E-state index in [1.165, 1.54) is 0 Å². The summed E-state index contributed by atoms with van der Waals surface area (Å²) in [5.41, 5.74) is 0.591. The molecular weight excluding hydrogens is 268 g/mol. The molecule has 5 heteroatoms. The number of pyridine rings is 1. The van der Waals surface area contributed by atoms with Crippen molar-refractivity contribution in [2.45, 2.75) is 18.9 Å². The fourth-order valence-corrected chi connectivity index (χ4v) is 2.13. The molecule has 0 saturated carbocycles. The summed E-state index contributed by atoms with van der Waals surface area (Å²) in [4.78, 5) is 4.24. The Morgan fingerprint density at radius 3 is 2.94 bits per heavy atom. The van der Waals surface area contributed by atoms with Crippen LogP contribution < -0.4 is 10.6 Å². The molecule has 0 spiro atoms. The first kappa shape index (κ1) is 11.4. The number of nitriles is 1. The summed E-state index contributed by atoms with van der Waals surface area (Å²) in [5.74, 6) is 0.692. The van der Waals surface area contributed by atoms with Gasteiger partial charge in [-0.2, -0.15) is 5.26 Å². The Balaban J connectivity index is 2.11. The molecule has 84 valence electrons. The molecule has 2 N–H and O–H groups in total. The third kappa shape index (κ3) is 2.71. The van der Waals surface area contributed by atoms with E-state index in [4.69, 9.17) is 5.26 Å². The third-order valence-electron chi connectivity index (χ3n) is 2.65. The molecule has 0 amide bonds. The van der Waals surface area contributed by atoms with E-state index in [-0.39, 0.29) is 0 Å². The minimum Gasteiger partial charge on any atom is -0.366 e. The van der Waals surface area contributed by atoms with Crippen LogP contribution in [0.3, 0.4) is 0 Å². The maximum absolute atomic E-state index is 9.01. The van der Waals surface area contributed by atoms with Crippen molar-refractivity contribution >= 4 is 21.7 Å². The quantitative estimate of drug-likeness (QED) is 0.869. The Hall–Kier alpha value is -1.12. The number of anilines is 1. The summed E-state index contributed by atoms with van der Waals surface area (Å²) in [6.07, 6.45) is 3.86. The van der Waals surface area contributed by atoms with Crippen molar-refractivity contribution in [3.8, 4) is 6.07 Å². The Morgan fingerprint density at radius 1 is 1.50 bits per heavy atom. The van der Waals surface area contributed by atoms with Gasteiger partial charge in [0.25, 0.3) is 0 Å². The van der Waals surface area contributed by atoms with Gasteiger partial charge in [-0.25, -0.2) is 4.98 Å². The first-order chi connectivity index (χ1) is 7.79. The predicted molar refractivity (Wildman–Crippen MR) is 66.2 cm³/mol. The van der Waals surface area contributed by atoms with Crippen molar-refractivity contribution in [2.24, 2.45) is 0 Å². The monoisotopic (exact) mass is 280 g/mol. The Bertz CT molecular complexity index is 407. The number of piperidine rings is 1. The van der Waals surface area contributed by atoms with Crippen molar-refractivity contribution in [3.05, 3.63) is 22.3 Å². The fraction of sp³-hybridized carbons (Fsp3) is 0.455. The Labute approximate surface area is 103 Å². The first-order valence-corrected chi connectivity index (χ1v) is 6.12. The summed E-state index contributed by atoms with van der Waals surface area (Å²) >= 11 is 3.31. The fourth-order valence-electron chi connectivity index (χ4n) is 1.80. The number of rotatable bonds is 2. The van der Waals surface area contributed by atoms with Gasteiger partial charge in [-0.05, 0) is 47.9 Å². The predicted octanol–water partition coefficient (Wildman–Crippen LogP) is 1.88. The highest BCUT2D eigenvalue weighted by Crippen LogP contribution is 2.19. The molecule has 1 aliphatic rings. The van der Waals surface area contributed by atoms with Gasteiger partial charge < -0.3 is 10.6 Å². The van der Waals surface area contributed by atoms with Crippen LogP contribution in [0, 0.1) is 11.3 Å². The van der Waals surface area contributed by atoms with Crippen molar-refractivity contribution < 1.29 is 0 Å². The third-order valence-corrected chi connectivity index (χ3v) is 3.09. The molecule has 16 heavy (non-hydrogen) atoms. The highest BCUT2D eigenvalue weighted by molar-refractivity contribution is 9.10. The van der Waals surface area contributed by atoms with Crippen LogP contribution in [0.2, 0.25) is 0 Å². The molecule has 0 atom stereocenters. The van der Waals surface area contributed by atoms with Gasteiger partial charge >= 0.3 is 0 Å². The molecule has 0 unspecified atom stereocenters. The smallest absolute Gasteiger partial charge is 0.144 e. The molecule has 0 aliphatic carbocycles. The van der Waals surface area contributed by atoms with E-state index in [1.54, 1.807) is 12.3 Å². The van der Waals surface area contributed by atoms with Gasteiger partial charge in [-0.15, -0.1) is 0 Å². The zero-order valence-electron chi connectivity index (χ0n) is 8.83. The van der Waals surface area contributed by atoms with E-state index in [9.17, 15) is 0 Å². The molecule has 0 radical (unpaired) electrons. The van der Waals surface area contributed by atoms with Crippen molar-refractivity contribution in [2.75, 3.05) is 18.4 Å². The van der Waals surface area contributed by atoms with Crippen molar-refractivity contribution in [1.82, 2.24) is 10.3 Å². The van der Waals surface area contributed by atoms with E-state index in [2.05, 4.69) is 37.6 Å². The number of aromatic nitrogens is 1. The standard InChI is InChI=1S/C11H13BrN4/c12-9-5-8(6-13)11(15-7-9)16-10-1-3-14-4-2-10/h5,7,10,14H,1-4H2,(H,15,16). The van der Waals surface area contributed by atoms with Gasteiger partial charge in [-0.3, -0.25) is 0 Å². The SMILES string of the molecule is N#Cc1cc(Br)cnc1NC1CCNCC1. The maximum atomic E-state index is 9.01. The minimum absolute atomic E-state index is 0.419. The van der Waals surface area contributed by atoms with Crippen LogP contribution in [0.4, 0.5) is 5.82 Å². The van der Waals surface area contributed by atoms with Gasteiger partial charge in [0.05, 0.1) is 5.56 Å².